The summed E-state index contributed by atoms with van der Waals surface area (Å²) in [6.45, 7) is 5.68. The number of aromatic nitrogens is 1. The van der Waals surface area contributed by atoms with Crippen molar-refractivity contribution < 1.29 is 9.47 Å². The van der Waals surface area contributed by atoms with Crippen LogP contribution in [0.4, 0.5) is 5.69 Å². The molecule has 0 atom stereocenters. The summed E-state index contributed by atoms with van der Waals surface area (Å²) in [5, 5.41) is 1.21. The molecule has 0 radical (unpaired) electrons. The van der Waals surface area contributed by atoms with E-state index in [9.17, 15) is 0 Å². The lowest BCUT2D eigenvalue weighted by atomic mass is 10.0. The number of hydrogen-bond donors (Lipinski definition) is 0. The Labute approximate surface area is 125 Å². The number of pyridine rings is 1. The van der Waals surface area contributed by atoms with Gasteiger partial charge in [0.25, 0.3) is 0 Å². The predicted octanol–water partition coefficient (Wildman–Crippen LogP) is 3.03. The van der Waals surface area contributed by atoms with E-state index in [1.165, 1.54) is 16.6 Å². The molecule has 21 heavy (non-hydrogen) atoms. The number of rotatable bonds is 4. The molecule has 1 aromatic carbocycles. The summed E-state index contributed by atoms with van der Waals surface area (Å²) in [6.07, 6.45) is 4.19. The third kappa shape index (κ3) is 2.81. The molecular formula is C17H22N2O2. The fourth-order valence-corrected chi connectivity index (χ4v) is 2.93. The third-order valence-electron chi connectivity index (χ3n) is 4.02. The number of nitrogens with zero attached hydrogens (tertiary/aromatic N) is 2. The van der Waals surface area contributed by atoms with Gasteiger partial charge in [0.2, 0.25) is 0 Å². The van der Waals surface area contributed by atoms with Crippen molar-refractivity contribution in [2.24, 2.45) is 0 Å². The van der Waals surface area contributed by atoms with Crippen LogP contribution in [0.3, 0.4) is 0 Å². The summed E-state index contributed by atoms with van der Waals surface area (Å²) >= 11 is 0. The van der Waals surface area contributed by atoms with E-state index in [0.29, 0.717) is 0 Å². The molecule has 2 aromatic rings. The van der Waals surface area contributed by atoms with Gasteiger partial charge in [0, 0.05) is 18.5 Å². The maximum Gasteiger partial charge on any atom is 0.119 e. The van der Waals surface area contributed by atoms with Gasteiger partial charge in [-0.15, -0.1) is 0 Å². The van der Waals surface area contributed by atoms with Gasteiger partial charge in [0.15, 0.2) is 0 Å². The molecule has 0 N–H and O–H groups in total. The highest BCUT2D eigenvalue weighted by molar-refractivity contribution is 5.88. The minimum Gasteiger partial charge on any atom is -0.497 e. The van der Waals surface area contributed by atoms with Crippen molar-refractivity contribution in [1.82, 2.24) is 4.98 Å². The lowest BCUT2D eigenvalue weighted by Crippen LogP contribution is -2.36. The first kappa shape index (κ1) is 14.1. The molecule has 0 unspecified atom stereocenters. The van der Waals surface area contributed by atoms with Gasteiger partial charge in [0.1, 0.15) is 5.75 Å². The van der Waals surface area contributed by atoms with E-state index in [1.807, 2.05) is 18.3 Å². The second kappa shape index (κ2) is 6.31. The van der Waals surface area contributed by atoms with E-state index in [0.717, 1.165) is 50.4 Å². The van der Waals surface area contributed by atoms with Crippen molar-refractivity contribution in [3.05, 3.63) is 30.0 Å². The van der Waals surface area contributed by atoms with Gasteiger partial charge in [-0.25, -0.2) is 0 Å². The smallest absolute Gasteiger partial charge is 0.119 e. The average molecular weight is 286 g/mol. The average Bonchev–Trinajstić information content (AvgIpc) is 2.55. The van der Waals surface area contributed by atoms with Crippen LogP contribution in [0.25, 0.3) is 10.9 Å². The van der Waals surface area contributed by atoms with Crippen LogP contribution in [0.2, 0.25) is 0 Å². The van der Waals surface area contributed by atoms with E-state index in [1.54, 1.807) is 7.11 Å². The van der Waals surface area contributed by atoms with Crippen LogP contribution >= 0.6 is 0 Å². The number of morpholine rings is 1. The lowest BCUT2D eigenvalue weighted by Gasteiger charge is -2.30. The zero-order valence-corrected chi connectivity index (χ0v) is 12.8. The molecule has 0 bridgehead atoms. The lowest BCUT2D eigenvalue weighted by molar-refractivity contribution is 0.122. The third-order valence-corrected chi connectivity index (χ3v) is 4.02. The summed E-state index contributed by atoms with van der Waals surface area (Å²) in [7, 11) is 1.71. The Bertz CT molecular complexity index is 621. The summed E-state index contributed by atoms with van der Waals surface area (Å²) in [6, 6.07) is 6.12. The Kier molecular flexibility index (Phi) is 4.25. The number of ether oxygens (including phenoxy) is 2. The second-order valence-electron chi connectivity index (χ2n) is 5.35. The molecule has 112 valence electrons. The quantitative estimate of drug-likeness (QED) is 0.865. The van der Waals surface area contributed by atoms with Gasteiger partial charge in [-0.2, -0.15) is 0 Å². The number of hydrogen-bond acceptors (Lipinski definition) is 4. The molecule has 2 heterocycles. The molecule has 3 rings (SSSR count). The minimum absolute atomic E-state index is 0.793. The van der Waals surface area contributed by atoms with Crippen LogP contribution in [0.1, 0.15) is 18.9 Å². The fraction of sp³-hybridized carbons (Fsp3) is 0.471. The highest BCUT2D eigenvalue weighted by Crippen LogP contribution is 2.31. The molecule has 1 aromatic heterocycles. The Balaban J connectivity index is 2.11. The van der Waals surface area contributed by atoms with E-state index in [2.05, 4.69) is 22.9 Å². The molecule has 0 spiro atoms. The monoisotopic (exact) mass is 286 g/mol. The first-order valence-corrected chi connectivity index (χ1v) is 7.61. The van der Waals surface area contributed by atoms with E-state index in [4.69, 9.17) is 9.47 Å². The van der Waals surface area contributed by atoms with Crippen molar-refractivity contribution in [2.75, 3.05) is 38.3 Å². The molecule has 1 aliphatic rings. The Morgan fingerprint density at radius 3 is 2.81 bits per heavy atom. The topological polar surface area (TPSA) is 34.6 Å². The van der Waals surface area contributed by atoms with Gasteiger partial charge >= 0.3 is 0 Å². The predicted molar refractivity (Wildman–Crippen MR) is 85.3 cm³/mol. The van der Waals surface area contributed by atoms with Gasteiger partial charge in [-0.05, 0) is 30.2 Å². The number of benzene rings is 1. The largest absolute Gasteiger partial charge is 0.497 e. The van der Waals surface area contributed by atoms with Crippen molar-refractivity contribution in [2.45, 2.75) is 19.8 Å². The minimum atomic E-state index is 0.793. The standard InChI is InChI=1S/C17H22N2O2/c1-3-4-14-15-11-13(20-2)5-6-16(15)18-12-17(14)19-7-9-21-10-8-19/h5-6,11-12H,3-4,7-10H2,1-2H3. The van der Waals surface area contributed by atoms with Crippen molar-refractivity contribution >= 4 is 16.6 Å². The van der Waals surface area contributed by atoms with Gasteiger partial charge < -0.3 is 14.4 Å². The Morgan fingerprint density at radius 2 is 2.10 bits per heavy atom. The number of aryl methyl sites for hydroxylation is 1. The maximum absolute atomic E-state index is 5.46. The van der Waals surface area contributed by atoms with Crippen molar-refractivity contribution in [3.63, 3.8) is 0 Å². The highest BCUT2D eigenvalue weighted by atomic mass is 16.5. The fourth-order valence-electron chi connectivity index (χ4n) is 2.93. The maximum atomic E-state index is 5.46. The first-order chi connectivity index (χ1) is 10.3. The second-order valence-corrected chi connectivity index (χ2v) is 5.35. The normalized spacial score (nSPS) is 15.4. The van der Waals surface area contributed by atoms with Gasteiger partial charge in [-0.3, -0.25) is 4.98 Å². The summed E-state index contributed by atoms with van der Waals surface area (Å²) in [5.41, 5.74) is 3.67. The van der Waals surface area contributed by atoms with Crippen LogP contribution < -0.4 is 9.64 Å². The molecule has 4 nitrogen and oxygen atoms in total. The summed E-state index contributed by atoms with van der Waals surface area (Å²) < 4.78 is 10.8. The van der Waals surface area contributed by atoms with Gasteiger partial charge in [0.05, 0.1) is 37.7 Å². The molecule has 0 saturated carbocycles. The van der Waals surface area contributed by atoms with Gasteiger partial charge in [-0.1, -0.05) is 13.3 Å². The number of anilines is 1. The first-order valence-electron chi connectivity index (χ1n) is 7.61. The molecule has 0 amide bonds. The number of methoxy groups -OCH3 is 1. The SMILES string of the molecule is CCCc1c(N2CCOCC2)cnc2ccc(OC)cc12. The number of fused-ring (bicyclic) bond motifs is 1. The zero-order chi connectivity index (χ0) is 14.7. The zero-order valence-electron chi connectivity index (χ0n) is 12.8. The molecule has 1 aliphatic heterocycles. The van der Waals surface area contributed by atoms with Crippen molar-refractivity contribution in [3.8, 4) is 5.75 Å². The van der Waals surface area contributed by atoms with Crippen LogP contribution in [-0.2, 0) is 11.2 Å². The highest BCUT2D eigenvalue weighted by Gasteiger charge is 2.17. The Hall–Kier alpha value is -1.81. The van der Waals surface area contributed by atoms with Crippen LogP contribution in [0.15, 0.2) is 24.4 Å². The molecule has 1 saturated heterocycles. The molecular weight excluding hydrogens is 264 g/mol. The summed E-state index contributed by atoms with van der Waals surface area (Å²) in [5.74, 6) is 0.890. The van der Waals surface area contributed by atoms with Crippen LogP contribution in [-0.4, -0.2) is 38.4 Å². The van der Waals surface area contributed by atoms with E-state index in [-0.39, 0.29) is 0 Å². The van der Waals surface area contributed by atoms with E-state index < -0.39 is 0 Å². The van der Waals surface area contributed by atoms with Crippen LogP contribution in [0, 0.1) is 0 Å². The molecule has 4 heteroatoms. The van der Waals surface area contributed by atoms with Crippen LogP contribution in [0.5, 0.6) is 5.75 Å². The summed E-state index contributed by atoms with van der Waals surface area (Å²) in [4.78, 5) is 7.03. The van der Waals surface area contributed by atoms with Crippen molar-refractivity contribution in [1.29, 1.82) is 0 Å². The molecule has 0 aliphatic carbocycles. The molecule has 1 fully saturated rings. The van der Waals surface area contributed by atoms with E-state index >= 15 is 0 Å². The Morgan fingerprint density at radius 1 is 1.29 bits per heavy atom.